The maximum absolute atomic E-state index is 9.36. The van der Waals surface area contributed by atoms with Gasteiger partial charge in [0.1, 0.15) is 11.4 Å². The molecule has 3 rings (SSSR count). The monoisotopic (exact) mass is 289 g/mol. The molecule has 0 atom stereocenters. The summed E-state index contributed by atoms with van der Waals surface area (Å²) >= 11 is 5.87. The fourth-order valence-corrected chi connectivity index (χ4v) is 2.14. The largest absolute Gasteiger partial charge is 0.463 e. The number of halogens is 1. The maximum atomic E-state index is 9.36. The third kappa shape index (κ3) is 2.45. The molecule has 0 bridgehead atoms. The lowest BCUT2D eigenvalue weighted by Gasteiger charge is -2.05. The Morgan fingerprint density at radius 3 is 2.65 bits per heavy atom. The summed E-state index contributed by atoms with van der Waals surface area (Å²) in [4.78, 5) is 0. The van der Waals surface area contributed by atoms with Gasteiger partial charge in [-0.2, -0.15) is 0 Å². The van der Waals surface area contributed by atoms with Crippen LogP contribution in [-0.4, -0.2) is 20.1 Å². The molecule has 0 aliphatic heterocycles. The Balaban J connectivity index is 1.98. The van der Waals surface area contributed by atoms with E-state index in [0.29, 0.717) is 28.7 Å². The van der Waals surface area contributed by atoms with Crippen molar-refractivity contribution in [1.29, 1.82) is 0 Å². The van der Waals surface area contributed by atoms with E-state index in [4.69, 9.17) is 16.0 Å². The Morgan fingerprint density at radius 2 is 2.00 bits per heavy atom. The Kier molecular flexibility index (Phi) is 3.54. The van der Waals surface area contributed by atoms with Crippen molar-refractivity contribution in [2.24, 2.45) is 0 Å². The van der Waals surface area contributed by atoms with Crippen molar-refractivity contribution in [3.63, 3.8) is 0 Å². The van der Waals surface area contributed by atoms with E-state index in [1.807, 2.05) is 30.3 Å². The van der Waals surface area contributed by atoms with Crippen molar-refractivity contribution in [3.05, 3.63) is 58.9 Å². The lowest BCUT2D eigenvalue weighted by Crippen LogP contribution is -2.04. The number of hydrogen-bond donors (Lipinski definition) is 1. The van der Waals surface area contributed by atoms with Crippen molar-refractivity contribution in [2.75, 3.05) is 0 Å². The van der Waals surface area contributed by atoms with E-state index in [-0.39, 0.29) is 6.61 Å². The highest BCUT2D eigenvalue weighted by Gasteiger charge is 2.16. The molecule has 1 aromatic carbocycles. The highest BCUT2D eigenvalue weighted by atomic mass is 35.5. The lowest BCUT2D eigenvalue weighted by molar-refractivity contribution is 0.277. The molecule has 0 fully saturated rings. The second-order valence-corrected chi connectivity index (χ2v) is 4.74. The molecular formula is C14H12ClN3O2. The number of hydrogen-bond acceptors (Lipinski definition) is 4. The number of nitrogens with zero attached hydrogens (tertiary/aromatic N) is 3. The van der Waals surface area contributed by atoms with Gasteiger partial charge in [0.15, 0.2) is 5.76 Å². The molecule has 102 valence electrons. The van der Waals surface area contributed by atoms with Crippen LogP contribution in [0.2, 0.25) is 5.02 Å². The van der Waals surface area contributed by atoms with Gasteiger partial charge in [-0.3, -0.25) is 0 Å². The Bertz CT molecular complexity index is 690. The first-order valence-electron chi connectivity index (χ1n) is 6.09. The van der Waals surface area contributed by atoms with Crippen LogP contribution in [0.15, 0.2) is 47.1 Å². The second kappa shape index (κ2) is 5.48. The normalized spacial score (nSPS) is 10.9. The Morgan fingerprint density at radius 1 is 1.20 bits per heavy atom. The minimum absolute atomic E-state index is 0.184. The van der Waals surface area contributed by atoms with E-state index in [2.05, 4.69) is 10.3 Å². The molecule has 0 saturated heterocycles. The maximum Gasteiger partial charge on any atom is 0.153 e. The summed E-state index contributed by atoms with van der Waals surface area (Å²) in [6, 6.07) is 11.1. The molecule has 0 saturated carbocycles. The molecule has 2 heterocycles. The van der Waals surface area contributed by atoms with Crippen LogP contribution in [-0.2, 0) is 13.2 Å². The molecule has 0 aliphatic carbocycles. The smallest absolute Gasteiger partial charge is 0.153 e. The minimum Gasteiger partial charge on any atom is -0.463 e. The van der Waals surface area contributed by atoms with Gasteiger partial charge in [0.05, 0.1) is 19.4 Å². The van der Waals surface area contributed by atoms with E-state index in [0.717, 1.165) is 5.56 Å². The fraction of sp³-hybridized carbons (Fsp3) is 0.143. The number of aliphatic hydroxyl groups is 1. The van der Waals surface area contributed by atoms with Crippen molar-refractivity contribution in [2.45, 2.75) is 13.2 Å². The molecule has 0 amide bonds. The van der Waals surface area contributed by atoms with Crippen LogP contribution in [0.1, 0.15) is 11.3 Å². The molecule has 0 radical (unpaired) electrons. The van der Waals surface area contributed by atoms with E-state index >= 15 is 0 Å². The Labute approximate surface area is 120 Å². The van der Waals surface area contributed by atoms with Gasteiger partial charge in [-0.25, -0.2) is 4.68 Å². The predicted octanol–water partition coefficient (Wildman–Crippen LogP) is 2.73. The van der Waals surface area contributed by atoms with Crippen LogP contribution in [0.25, 0.3) is 11.5 Å². The molecule has 3 aromatic rings. The van der Waals surface area contributed by atoms with Gasteiger partial charge >= 0.3 is 0 Å². The first kappa shape index (κ1) is 12.9. The quantitative estimate of drug-likeness (QED) is 0.802. The molecule has 5 nitrogen and oxygen atoms in total. The van der Waals surface area contributed by atoms with Crippen LogP contribution < -0.4 is 0 Å². The summed E-state index contributed by atoms with van der Waals surface area (Å²) in [6.45, 7) is 0.344. The number of aromatic nitrogens is 3. The van der Waals surface area contributed by atoms with Gasteiger partial charge in [0.25, 0.3) is 0 Å². The summed E-state index contributed by atoms with van der Waals surface area (Å²) in [5.41, 5.74) is 2.22. The predicted molar refractivity (Wildman–Crippen MR) is 74.2 cm³/mol. The molecule has 6 heteroatoms. The molecule has 0 spiro atoms. The molecular weight excluding hydrogens is 278 g/mol. The number of benzene rings is 1. The van der Waals surface area contributed by atoms with Crippen LogP contribution in [0, 0.1) is 0 Å². The molecule has 0 aliphatic rings. The highest BCUT2D eigenvalue weighted by Crippen LogP contribution is 2.23. The lowest BCUT2D eigenvalue weighted by atomic mass is 10.2. The van der Waals surface area contributed by atoms with Gasteiger partial charge in [-0.05, 0) is 29.8 Å². The zero-order valence-electron chi connectivity index (χ0n) is 10.5. The molecule has 2 aromatic heterocycles. The third-order valence-corrected chi connectivity index (χ3v) is 3.21. The van der Waals surface area contributed by atoms with Crippen molar-refractivity contribution >= 4 is 11.6 Å². The Hall–Kier alpha value is -2.11. The fourth-order valence-electron chi connectivity index (χ4n) is 2.01. The first-order valence-corrected chi connectivity index (χ1v) is 6.47. The van der Waals surface area contributed by atoms with E-state index in [1.165, 1.54) is 0 Å². The van der Waals surface area contributed by atoms with Gasteiger partial charge in [-0.15, -0.1) is 5.10 Å². The zero-order valence-corrected chi connectivity index (χ0v) is 11.3. The number of aliphatic hydroxyl groups excluding tert-OH is 1. The van der Waals surface area contributed by atoms with E-state index < -0.39 is 0 Å². The van der Waals surface area contributed by atoms with Gasteiger partial charge in [0, 0.05) is 5.02 Å². The van der Waals surface area contributed by atoms with Crippen LogP contribution in [0.5, 0.6) is 0 Å². The zero-order chi connectivity index (χ0) is 13.9. The van der Waals surface area contributed by atoms with E-state index in [1.54, 1.807) is 17.0 Å². The second-order valence-electron chi connectivity index (χ2n) is 4.30. The molecule has 1 N–H and O–H groups in total. The topological polar surface area (TPSA) is 64.1 Å². The molecule has 0 unspecified atom stereocenters. The SMILES string of the molecule is OCc1nnn(Cc2ccc(Cl)cc2)c1-c1ccco1. The summed E-state index contributed by atoms with van der Waals surface area (Å²) in [5.74, 6) is 0.632. The van der Waals surface area contributed by atoms with Crippen molar-refractivity contribution in [3.8, 4) is 11.5 Å². The van der Waals surface area contributed by atoms with Gasteiger partial charge in [0.2, 0.25) is 0 Å². The number of rotatable bonds is 4. The average molecular weight is 290 g/mol. The van der Waals surface area contributed by atoms with E-state index in [9.17, 15) is 5.11 Å². The minimum atomic E-state index is -0.184. The van der Waals surface area contributed by atoms with Crippen LogP contribution in [0.3, 0.4) is 0 Å². The van der Waals surface area contributed by atoms with Crippen molar-refractivity contribution in [1.82, 2.24) is 15.0 Å². The summed E-state index contributed by atoms with van der Waals surface area (Å²) in [6.07, 6.45) is 1.58. The molecule has 20 heavy (non-hydrogen) atoms. The summed E-state index contributed by atoms with van der Waals surface area (Å²) in [5, 5.41) is 18.1. The number of furan rings is 1. The van der Waals surface area contributed by atoms with Crippen LogP contribution >= 0.6 is 11.6 Å². The highest BCUT2D eigenvalue weighted by molar-refractivity contribution is 6.30. The standard InChI is InChI=1S/C14H12ClN3O2/c15-11-5-3-10(4-6-11)8-18-14(12(9-19)16-17-18)13-2-1-7-20-13/h1-7,19H,8-9H2. The average Bonchev–Trinajstić information content (AvgIpc) is 3.10. The van der Waals surface area contributed by atoms with Crippen molar-refractivity contribution < 1.29 is 9.52 Å². The first-order chi connectivity index (χ1) is 9.78. The van der Waals surface area contributed by atoms with Crippen LogP contribution in [0.4, 0.5) is 0 Å². The summed E-state index contributed by atoms with van der Waals surface area (Å²) < 4.78 is 7.09. The van der Waals surface area contributed by atoms with Gasteiger partial charge in [-0.1, -0.05) is 28.9 Å². The third-order valence-electron chi connectivity index (χ3n) is 2.95. The summed E-state index contributed by atoms with van der Waals surface area (Å²) in [7, 11) is 0. The van der Waals surface area contributed by atoms with Gasteiger partial charge < -0.3 is 9.52 Å².